The summed E-state index contributed by atoms with van der Waals surface area (Å²) in [6.45, 7) is 0. The van der Waals surface area contributed by atoms with Crippen LogP contribution in [-0.4, -0.2) is 0 Å². The van der Waals surface area contributed by atoms with Crippen LogP contribution in [0.3, 0.4) is 0 Å². The molecule has 6 heavy (non-hydrogen) atoms. The van der Waals surface area contributed by atoms with Gasteiger partial charge in [0.25, 0.3) is 0 Å². The summed E-state index contributed by atoms with van der Waals surface area (Å²) in [7, 11) is 0. The van der Waals surface area contributed by atoms with E-state index in [1.807, 2.05) is 0 Å². The van der Waals surface area contributed by atoms with Crippen molar-refractivity contribution < 1.29 is 48.5 Å². The average molecular weight is 285 g/mol. The van der Waals surface area contributed by atoms with E-state index >= 15 is 0 Å². The van der Waals surface area contributed by atoms with Crippen molar-refractivity contribution in [2.45, 2.75) is 17.9 Å². The molecule has 0 aromatic carbocycles. The van der Waals surface area contributed by atoms with Gasteiger partial charge in [-0.15, -0.1) is 0 Å². The molecular formula is C4H12Cd2. The van der Waals surface area contributed by atoms with Crippen LogP contribution >= 0.6 is 0 Å². The molecule has 0 saturated carbocycles. The Balaban J connectivity index is 0. The van der Waals surface area contributed by atoms with E-state index < -0.39 is 21.2 Å². The Morgan fingerprint density at radius 3 is 0.833 bits per heavy atom. The second-order valence-corrected chi connectivity index (χ2v) is 28.5. The maximum absolute atomic E-state index is 2.42. The van der Waals surface area contributed by atoms with Gasteiger partial charge in [0.05, 0.1) is 0 Å². The first-order valence-corrected chi connectivity index (χ1v) is 19.0. The van der Waals surface area contributed by atoms with Crippen molar-refractivity contribution in [3.05, 3.63) is 0 Å². The van der Waals surface area contributed by atoms with E-state index in [2.05, 4.69) is 17.9 Å². The van der Waals surface area contributed by atoms with E-state index in [0.717, 1.165) is 0 Å². The van der Waals surface area contributed by atoms with Gasteiger partial charge < -0.3 is 0 Å². The molecule has 0 rings (SSSR count). The zero-order valence-electron chi connectivity index (χ0n) is 5.41. The third-order valence-corrected chi connectivity index (χ3v) is 0. The Bertz CT molecular complexity index is 21.0. The molecule has 0 aliphatic carbocycles. The first-order chi connectivity index (χ1) is 2.00. The fraction of sp³-hybridized carbons (Fsp3) is 1.00. The molecule has 0 aliphatic rings. The predicted molar refractivity (Wildman–Crippen MR) is 23.5 cm³/mol. The second-order valence-electron chi connectivity index (χ2n) is 4.24. The van der Waals surface area contributed by atoms with Crippen LogP contribution in [0.2, 0.25) is 17.9 Å². The van der Waals surface area contributed by atoms with Crippen molar-refractivity contribution in [3.8, 4) is 0 Å². The molecule has 0 bridgehead atoms. The summed E-state index contributed by atoms with van der Waals surface area (Å²) in [4.78, 5) is 0. The van der Waals surface area contributed by atoms with Gasteiger partial charge in [-0.2, -0.15) is 0 Å². The van der Waals surface area contributed by atoms with Crippen LogP contribution in [0.15, 0.2) is 0 Å². The first-order valence-electron chi connectivity index (χ1n) is 2.83. The fourth-order valence-corrected chi connectivity index (χ4v) is 0. The minimum Gasteiger partial charge on any atom is 0 e. The van der Waals surface area contributed by atoms with E-state index in [4.69, 9.17) is 0 Å². The van der Waals surface area contributed by atoms with E-state index in [0.29, 0.717) is 0 Å². The summed E-state index contributed by atoms with van der Waals surface area (Å²) in [5.74, 6) is 0. The molecule has 0 saturated heterocycles. The predicted octanol–water partition coefficient (Wildman–Crippen LogP) is 2.33. The summed E-state index contributed by atoms with van der Waals surface area (Å²) < 4.78 is 9.67. The third kappa shape index (κ3) is 40.3. The molecular weight excluding hydrogens is 273 g/mol. The van der Waals surface area contributed by atoms with Gasteiger partial charge in [-0.25, -0.2) is 0 Å². The second kappa shape index (κ2) is 3.80. The normalized spacial score (nSPS) is 7.33. The zero-order valence-corrected chi connectivity index (χ0v) is 13.5. The smallest absolute Gasteiger partial charge is 0 e. The van der Waals surface area contributed by atoms with Crippen LogP contribution in [0.1, 0.15) is 0 Å². The molecule has 0 unspecified atom stereocenters. The summed E-state index contributed by atoms with van der Waals surface area (Å²) in [6, 6.07) is 0. The minimum atomic E-state index is -1.34. The van der Waals surface area contributed by atoms with Gasteiger partial charge >= 0.3 is 39.1 Å². The fourth-order valence-electron chi connectivity index (χ4n) is 0. The van der Waals surface area contributed by atoms with Gasteiger partial charge in [-0.1, -0.05) is 0 Å². The number of hydrogen-bond acceptors (Lipinski definition) is 0. The van der Waals surface area contributed by atoms with Crippen molar-refractivity contribution in [2.75, 3.05) is 0 Å². The van der Waals surface area contributed by atoms with Crippen molar-refractivity contribution in [3.63, 3.8) is 0 Å². The molecule has 0 amide bonds. The molecule has 0 nitrogen and oxygen atoms in total. The van der Waals surface area contributed by atoms with E-state index in [-0.39, 0.29) is 27.3 Å². The maximum atomic E-state index is 2.42. The SMILES string of the molecule is [CH3][Cd]([CH3])([CH3])[CH3].[Cd]. The van der Waals surface area contributed by atoms with Crippen LogP contribution < -0.4 is 0 Å². The molecule has 0 atom stereocenters. The van der Waals surface area contributed by atoms with Crippen molar-refractivity contribution >= 4 is 0 Å². The van der Waals surface area contributed by atoms with E-state index in [9.17, 15) is 0 Å². The Hall–Kier alpha value is 1.84. The summed E-state index contributed by atoms with van der Waals surface area (Å²) >= 11 is -1.34. The topological polar surface area (TPSA) is 0 Å². The van der Waals surface area contributed by atoms with Crippen molar-refractivity contribution in [1.82, 2.24) is 0 Å². The zero-order chi connectivity index (χ0) is 4.50. The Labute approximate surface area is 65.5 Å². The van der Waals surface area contributed by atoms with E-state index in [1.54, 1.807) is 0 Å². The quantitative estimate of drug-likeness (QED) is 0.599. The Kier molecular flexibility index (Phi) is 6.81. The Morgan fingerprint density at radius 2 is 0.833 bits per heavy atom. The largest absolute Gasteiger partial charge is 0 e. The minimum absolute atomic E-state index is 0. The molecule has 0 radical (unpaired) electrons. The summed E-state index contributed by atoms with van der Waals surface area (Å²) in [5, 5.41) is 0. The van der Waals surface area contributed by atoms with Crippen LogP contribution in [0.5, 0.6) is 0 Å². The standard InChI is InChI=1S/4CH3.2Cd/h4*1H3;;. The average Bonchev–Trinajstić information content (AvgIpc) is 0.722. The van der Waals surface area contributed by atoms with Gasteiger partial charge in [-0.05, 0) is 0 Å². The van der Waals surface area contributed by atoms with Gasteiger partial charge in [0.15, 0.2) is 0 Å². The van der Waals surface area contributed by atoms with Gasteiger partial charge in [0.1, 0.15) is 0 Å². The van der Waals surface area contributed by atoms with E-state index in [1.165, 1.54) is 0 Å². The van der Waals surface area contributed by atoms with Crippen LogP contribution in [0.4, 0.5) is 0 Å². The Morgan fingerprint density at radius 1 is 0.833 bits per heavy atom. The summed E-state index contributed by atoms with van der Waals surface area (Å²) in [6.07, 6.45) is 0. The van der Waals surface area contributed by atoms with Gasteiger partial charge in [0.2, 0.25) is 0 Å². The molecule has 0 spiro atoms. The molecule has 0 aromatic rings. The third-order valence-electron chi connectivity index (χ3n) is 0. The summed E-state index contributed by atoms with van der Waals surface area (Å²) in [5.41, 5.74) is 0. The monoisotopic (exact) mass is 288 g/mol. The molecule has 2 heteroatoms. The molecule has 0 N–H and O–H groups in total. The van der Waals surface area contributed by atoms with Gasteiger partial charge in [-0.3, -0.25) is 0 Å². The van der Waals surface area contributed by atoms with Crippen molar-refractivity contribution in [2.24, 2.45) is 0 Å². The van der Waals surface area contributed by atoms with Gasteiger partial charge in [0, 0.05) is 27.3 Å². The van der Waals surface area contributed by atoms with Crippen LogP contribution in [0, 0.1) is 0 Å². The molecule has 0 fully saturated rings. The molecule has 32 valence electrons. The molecule has 0 aromatic heterocycles. The number of rotatable bonds is 0. The van der Waals surface area contributed by atoms with Crippen LogP contribution in [0.25, 0.3) is 0 Å². The molecule has 0 aliphatic heterocycles. The van der Waals surface area contributed by atoms with Crippen LogP contribution in [-0.2, 0) is 48.5 Å². The first kappa shape index (κ1) is 10.8. The molecule has 0 heterocycles. The maximum Gasteiger partial charge on any atom is 0 e. The van der Waals surface area contributed by atoms with Crippen molar-refractivity contribution in [1.29, 1.82) is 0 Å². The number of hydrogen-bond donors (Lipinski definition) is 0.